The Morgan fingerprint density at radius 2 is 1.45 bits per heavy atom. The predicted molar refractivity (Wildman–Crippen MR) is 89.8 cm³/mol. The minimum Gasteiger partial charge on any atom is -0.399 e. The molecule has 5 nitrogen and oxygen atoms in total. The standard InChI is InChI=1S/C15H24BNO4S/c1-11(2)22(18,19)17-13-9-7-12(8-10-13)16-20-14(3,4)15(5,6)21-16/h7-11,17H,1-6H3. The van der Waals surface area contributed by atoms with Crippen LogP contribution in [0.25, 0.3) is 0 Å². The highest BCUT2D eigenvalue weighted by molar-refractivity contribution is 7.93. The molecule has 1 heterocycles. The molecule has 0 unspecified atom stereocenters. The van der Waals surface area contributed by atoms with Gasteiger partial charge in [0, 0.05) is 5.69 Å². The molecule has 0 atom stereocenters. The van der Waals surface area contributed by atoms with Crippen molar-refractivity contribution < 1.29 is 17.7 Å². The van der Waals surface area contributed by atoms with E-state index in [0.717, 1.165) is 5.46 Å². The summed E-state index contributed by atoms with van der Waals surface area (Å²) in [7, 11) is -3.78. The topological polar surface area (TPSA) is 64.6 Å². The quantitative estimate of drug-likeness (QED) is 0.862. The normalized spacial score (nSPS) is 20.4. The fourth-order valence-electron chi connectivity index (χ4n) is 1.97. The van der Waals surface area contributed by atoms with Gasteiger partial charge in [-0.2, -0.15) is 0 Å². The van der Waals surface area contributed by atoms with Crippen molar-refractivity contribution in [2.24, 2.45) is 0 Å². The molecule has 0 bridgehead atoms. The van der Waals surface area contributed by atoms with Crippen LogP contribution < -0.4 is 10.2 Å². The van der Waals surface area contributed by atoms with Gasteiger partial charge in [-0.05, 0) is 59.1 Å². The first-order valence-electron chi connectivity index (χ1n) is 7.42. The predicted octanol–water partition coefficient (Wildman–Crippen LogP) is 2.14. The lowest BCUT2D eigenvalue weighted by Crippen LogP contribution is -2.41. The largest absolute Gasteiger partial charge is 0.494 e. The summed E-state index contributed by atoms with van der Waals surface area (Å²) in [5, 5.41) is -0.477. The lowest BCUT2D eigenvalue weighted by molar-refractivity contribution is 0.00578. The molecule has 7 heteroatoms. The average molecular weight is 325 g/mol. The molecule has 0 amide bonds. The molecule has 0 spiro atoms. The van der Waals surface area contributed by atoms with Crippen LogP contribution in [0.5, 0.6) is 0 Å². The van der Waals surface area contributed by atoms with Crippen LogP contribution in [-0.4, -0.2) is 32.0 Å². The number of nitrogens with one attached hydrogen (secondary N) is 1. The number of hydrogen-bond acceptors (Lipinski definition) is 4. The van der Waals surface area contributed by atoms with Gasteiger partial charge < -0.3 is 9.31 Å². The van der Waals surface area contributed by atoms with Gasteiger partial charge >= 0.3 is 7.12 Å². The van der Waals surface area contributed by atoms with Crippen LogP contribution in [0.15, 0.2) is 24.3 Å². The average Bonchev–Trinajstić information content (AvgIpc) is 2.58. The maximum absolute atomic E-state index is 11.9. The number of sulfonamides is 1. The molecule has 1 aliphatic heterocycles. The minimum absolute atomic E-state index is 0.393. The third kappa shape index (κ3) is 3.31. The van der Waals surface area contributed by atoms with E-state index in [2.05, 4.69) is 4.72 Å². The molecule has 22 heavy (non-hydrogen) atoms. The van der Waals surface area contributed by atoms with E-state index >= 15 is 0 Å². The van der Waals surface area contributed by atoms with Crippen LogP contribution in [0.2, 0.25) is 0 Å². The molecular weight excluding hydrogens is 301 g/mol. The first-order chi connectivity index (χ1) is 9.95. The molecule has 0 aliphatic carbocycles. The summed E-state index contributed by atoms with van der Waals surface area (Å²) >= 11 is 0. The summed E-state index contributed by atoms with van der Waals surface area (Å²) in [4.78, 5) is 0. The van der Waals surface area contributed by atoms with Gasteiger partial charge in [0.15, 0.2) is 0 Å². The highest BCUT2D eigenvalue weighted by Gasteiger charge is 2.51. The van der Waals surface area contributed by atoms with Gasteiger partial charge in [0.2, 0.25) is 10.0 Å². The highest BCUT2D eigenvalue weighted by atomic mass is 32.2. The Labute approximate surface area is 133 Å². The summed E-state index contributed by atoms with van der Waals surface area (Å²) in [6.07, 6.45) is 0. The Kier molecular flexibility index (Phi) is 4.36. The smallest absolute Gasteiger partial charge is 0.399 e. The van der Waals surface area contributed by atoms with Crippen molar-refractivity contribution in [2.75, 3.05) is 4.72 Å². The minimum atomic E-state index is -3.33. The van der Waals surface area contributed by atoms with Crippen LogP contribution in [0.1, 0.15) is 41.5 Å². The third-order valence-electron chi connectivity index (χ3n) is 4.32. The molecule has 1 fully saturated rings. The number of hydrogen-bond donors (Lipinski definition) is 1. The van der Waals surface area contributed by atoms with Gasteiger partial charge in [0.1, 0.15) is 0 Å². The summed E-state index contributed by atoms with van der Waals surface area (Å²) in [6, 6.07) is 7.08. The molecule has 0 aromatic heterocycles. The van der Waals surface area contributed by atoms with Crippen molar-refractivity contribution in [1.82, 2.24) is 0 Å². The molecule has 1 N–H and O–H groups in total. The fourth-order valence-corrected chi connectivity index (χ4v) is 2.67. The molecule has 0 saturated carbocycles. The van der Waals surface area contributed by atoms with Gasteiger partial charge in [0.25, 0.3) is 0 Å². The molecular formula is C15H24BNO4S. The van der Waals surface area contributed by atoms with E-state index < -0.39 is 33.6 Å². The maximum atomic E-state index is 11.9. The molecule has 1 aromatic carbocycles. The van der Waals surface area contributed by atoms with Gasteiger partial charge in [-0.15, -0.1) is 0 Å². The van der Waals surface area contributed by atoms with Gasteiger partial charge in [0.05, 0.1) is 16.5 Å². The van der Waals surface area contributed by atoms with Gasteiger partial charge in [-0.25, -0.2) is 8.42 Å². The number of benzene rings is 1. The van der Waals surface area contributed by atoms with E-state index in [1.54, 1.807) is 26.0 Å². The molecule has 1 saturated heterocycles. The lowest BCUT2D eigenvalue weighted by atomic mass is 9.79. The second-order valence-electron chi connectivity index (χ2n) is 6.91. The lowest BCUT2D eigenvalue weighted by Gasteiger charge is -2.32. The zero-order valence-electron chi connectivity index (χ0n) is 14.0. The molecule has 2 rings (SSSR count). The SMILES string of the molecule is CC(C)S(=O)(=O)Nc1ccc(B2OC(C)(C)C(C)(C)O2)cc1. The summed E-state index contributed by atoms with van der Waals surface area (Å²) in [5.74, 6) is 0. The second kappa shape index (κ2) is 5.55. The Morgan fingerprint density at radius 3 is 1.86 bits per heavy atom. The zero-order chi connectivity index (χ0) is 16.8. The van der Waals surface area contributed by atoms with E-state index in [4.69, 9.17) is 9.31 Å². The van der Waals surface area contributed by atoms with Crippen molar-refractivity contribution in [3.8, 4) is 0 Å². The summed E-state index contributed by atoms with van der Waals surface area (Å²) in [6.45, 7) is 11.3. The van der Waals surface area contributed by atoms with E-state index in [1.807, 2.05) is 39.8 Å². The van der Waals surface area contributed by atoms with E-state index in [1.165, 1.54) is 0 Å². The Morgan fingerprint density at radius 1 is 1.00 bits per heavy atom. The first-order valence-corrected chi connectivity index (χ1v) is 8.96. The fraction of sp³-hybridized carbons (Fsp3) is 0.600. The Hall–Kier alpha value is -1.05. The van der Waals surface area contributed by atoms with Gasteiger partial charge in [-0.1, -0.05) is 12.1 Å². The molecule has 0 radical (unpaired) electrons. The molecule has 1 aliphatic rings. The van der Waals surface area contributed by atoms with E-state index in [9.17, 15) is 8.42 Å². The molecule has 122 valence electrons. The summed E-state index contributed by atoms with van der Waals surface area (Å²) < 4.78 is 38.2. The van der Waals surface area contributed by atoms with E-state index in [-0.39, 0.29) is 0 Å². The van der Waals surface area contributed by atoms with Crippen molar-refractivity contribution >= 4 is 28.3 Å². The van der Waals surface area contributed by atoms with Crippen LogP contribution in [0, 0.1) is 0 Å². The van der Waals surface area contributed by atoms with Crippen molar-refractivity contribution in [3.63, 3.8) is 0 Å². The van der Waals surface area contributed by atoms with E-state index in [0.29, 0.717) is 5.69 Å². The van der Waals surface area contributed by atoms with Crippen molar-refractivity contribution in [1.29, 1.82) is 0 Å². The van der Waals surface area contributed by atoms with Gasteiger partial charge in [-0.3, -0.25) is 4.72 Å². The van der Waals surface area contributed by atoms with Crippen molar-refractivity contribution in [3.05, 3.63) is 24.3 Å². The van der Waals surface area contributed by atoms with Crippen LogP contribution in [0.3, 0.4) is 0 Å². The highest BCUT2D eigenvalue weighted by Crippen LogP contribution is 2.36. The van der Waals surface area contributed by atoms with Crippen LogP contribution >= 0.6 is 0 Å². The van der Waals surface area contributed by atoms with Crippen LogP contribution in [-0.2, 0) is 19.3 Å². The first kappa shape index (κ1) is 17.3. The third-order valence-corrected chi connectivity index (χ3v) is 6.08. The second-order valence-corrected chi connectivity index (χ2v) is 9.14. The monoisotopic (exact) mass is 325 g/mol. The molecule has 1 aromatic rings. The Balaban J connectivity index is 2.14. The Bertz CT molecular complexity index is 622. The number of rotatable bonds is 4. The summed E-state index contributed by atoms with van der Waals surface area (Å²) in [5.41, 5.74) is 0.616. The number of anilines is 1. The maximum Gasteiger partial charge on any atom is 0.494 e. The zero-order valence-corrected chi connectivity index (χ0v) is 14.8. The van der Waals surface area contributed by atoms with Crippen LogP contribution in [0.4, 0.5) is 5.69 Å². The van der Waals surface area contributed by atoms with Crippen molar-refractivity contribution in [2.45, 2.75) is 58.0 Å².